The van der Waals surface area contributed by atoms with Gasteiger partial charge in [0.15, 0.2) is 0 Å². The Hall–Kier alpha value is -2.18. The van der Waals surface area contributed by atoms with E-state index in [2.05, 4.69) is 20.6 Å². The number of nitrogens with zero attached hydrogens (tertiary/aromatic N) is 1. The molecule has 1 aliphatic heterocycles. The summed E-state index contributed by atoms with van der Waals surface area (Å²) in [4.78, 5) is 40.4. The lowest BCUT2D eigenvalue weighted by atomic mass is 10.1. The van der Waals surface area contributed by atoms with Gasteiger partial charge in [0.1, 0.15) is 12.3 Å². The molecule has 2 amide bonds. The fourth-order valence-corrected chi connectivity index (χ4v) is 1.86. The number of aromatic nitrogens is 2. The molecule has 1 saturated heterocycles. The van der Waals surface area contributed by atoms with Crippen molar-refractivity contribution in [3.8, 4) is 0 Å². The third-order valence-corrected chi connectivity index (χ3v) is 2.80. The van der Waals surface area contributed by atoms with Crippen LogP contribution in [0.25, 0.3) is 0 Å². The van der Waals surface area contributed by atoms with E-state index in [4.69, 9.17) is 0 Å². The molecule has 0 unspecified atom stereocenters. The van der Waals surface area contributed by atoms with E-state index in [0.29, 0.717) is 25.5 Å². The third kappa shape index (κ3) is 2.93. The Kier molecular flexibility index (Phi) is 3.71. The maximum absolute atomic E-state index is 11.8. The number of aldehydes is 1. The summed E-state index contributed by atoms with van der Waals surface area (Å²) in [6.07, 6.45) is 4.96. The molecular weight excluding hydrogens is 236 g/mol. The number of carbonyl (C=O) groups is 3. The van der Waals surface area contributed by atoms with E-state index >= 15 is 0 Å². The van der Waals surface area contributed by atoms with E-state index in [1.807, 2.05) is 0 Å². The van der Waals surface area contributed by atoms with Gasteiger partial charge in [-0.15, -0.1) is 0 Å². The molecule has 0 aliphatic carbocycles. The zero-order valence-electron chi connectivity index (χ0n) is 9.68. The second-order valence-corrected chi connectivity index (χ2v) is 4.19. The zero-order chi connectivity index (χ0) is 13.0. The molecule has 96 valence electrons. The second-order valence-electron chi connectivity index (χ2n) is 4.19. The van der Waals surface area contributed by atoms with Crippen LogP contribution in [-0.4, -0.2) is 40.2 Å². The average Bonchev–Trinajstić information content (AvgIpc) is 2.99. The molecule has 18 heavy (non-hydrogen) atoms. The van der Waals surface area contributed by atoms with Crippen molar-refractivity contribution >= 4 is 18.1 Å². The molecule has 2 rings (SSSR count). The third-order valence-electron chi connectivity index (χ3n) is 2.80. The van der Waals surface area contributed by atoms with Crippen LogP contribution >= 0.6 is 0 Å². The van der Waals surface area contributed by atoms with Gasteiger partial charge < -0.3 is 20.4 Å². The molecule has 3 N–H and O–H groups in total. The fraction of sp³-hybridized carbons (Fsp3) is 0.455. The largest absolute Gasteiger partial charge is 0.348 e. The molecule has 1 aromatic heterocycles. The first-order valence-corrected chi connectivity index (χ1v) is 5.71. The molecule has 2 heterocycles. The molecule has 0 bridgehead atoms. The summed E-state index contributed by atoms with van der Waals surface area (Å²) in [5.74, 6) is -0.455. The van der Waals surface area contributed by atoms with Crippen molar-refractivity contribution < 1.29 is 14.4 Å². The molecular formula is C11H14N4O3. The predicted octanol–water partition coefficient (Wildman–Crippen LogP) is -1.09. The standard InChI is InChI=1S/C11H14N4O3/c16-5-8(3-7-4-12-6-13-7)14-11(18)9-1-2-10(17)15-9/h4-6,8-9H,1-3H2,(H,12,13)(H,14,18)(H,15,17)/t8-,9+/m0/s1. The van der Waals surface area contributed by atoms with E-state index in [-0.39, 0.29) is 11.8 Å². The van der Waals surface area contributed by atoms with Gasteiger partial charge in [-0.3, -0.25) is 9.59 Å². The molecule has 0 saturated carbocycles. The maximum Gasteiger partial charge on any atom is 0.243 e. The van der Waals surface area contributed by atoms with Gasteiger partial charge in [-0.25, -0.2) is 4.98 Å². The van der Waals surface area contributed by atoms with E-state index in [1.165, 1.54) is 6.33 Å². The Morgan fingerprint density at radius 1 is 1.67 bits per heavy atom. The first-order valence-electron chi connectivity index (χ1n) is 5.71. The number of rotatable bonds is 5. The van der Waals surface area contributed by atoms with E-state index in [1.54, 1.807) is 6.20 Å². The van der Waals surface area contributed by atoms with Crippen LogP contribution < -0.4 is 10.6 Å². The minimum Gasteiger partial charge on any atom is -0.348 e. The summed E-state index contributed by atoms with van der Waals surface area (Å²) in [6, 6.07) is -1.14. The van der Waals surface area contributed by atoms with Gasteiger partial charge in [0.2, 0.25) is 11.8 Å². The van der Waals surface area contributed by atoms with Crippen LogP contribution in [0.15, 0.2) is 12.5 Å². The summed E-state index contributed by atoms with van der Waals surface area (Å²) in [7, 11) is 0. The van der Waals surface area contributed by atoms with Gasteiger partial charge >= 0.3 is 0 Å². The number of hydrogen-bond acceptors (Lipinski definition) is 4. The highest BCUT2D eigenvalue weighted by molar-refractivity contribution is 5.91. The van der Waals surface area contributed by atoms with Gasteiger partial charge in [-0.1, -0.05) is 0 Å². The van der Waals surface area contributed by atoms with Crippen molar-refractivity contribution in [1.29, 1.82) is 0 Å². The lowest BCUT2D eigenvalue weighted by Gasteiger charge is -2.15. The Labute approximate surface area is 103 Å². The van der Waals surface area contributed by atoms with Gasteiger partial charge in [0.05, 0.1) is 12.4 Å². The van der Waals surface area contributed by atoms with Crippen LogP contribution in [-0.2, 0) is 20.8 Å². The predicted molar refractivity (Wildman–Crippen MR) is 61.5 cm³/mol. The summed E-state index contributed by atoms with van der Waals surface area (Å²) in [6.45, 7) is 0. The minimum absolute atomic E-state index is 0.133. The molecule has 1 aliphatic rings. The number of aromatic amines is 1. The smallest absolute Gasteiger partial charge is 0.243 e. The van der Waals surface area contributed by atoms with Crippen molar-refractivity contribution in [2.24, 2.45) is 0 Å². The molecule has 2 atom stereocenters. The van der Waals surface area contributed by atoms with Gasteiger partial charge in [-0.05, 0) is 6.42 Å². The molecule has 7 nitrogen and oxygen atoms in total. The normalized spacial score (nSPS) is 20.2. The number of hydrogen-bond donors (Lipinski definition) is 3. The number of H-pyrrole nitrogens is 1. The Morgan fingerprint density at radius 2 is 2.50 bits per heavy atom. The van der Waals surface area contributed by atoms with Crippen molar-refractivity contribution in [2.45, 2.75) is 31.3 Å². The summed E-state index contributed by atoms with van der Waals surface area (Å²) in [5, 5.41) is 5.15. The summed E-state index contributed by atoms with van der Waals surface area (Å²) in [5.41, 5.74) is 0.767. The lowest BCUT2D eigenvalue weighted by Crippen LogP contribution is -2.47. The monoisotopic (exact) mass is 250 g/mol. The number of carbonyl (C=O) groups excluding carboxylic acids is 3. The molecule has 1 fully saturated rings. The van der Waals surface area contributed by atoms with Crippen LogP contribution in [0.5, 0.6) is 0 Å². The Bertz CT molecular complexity index is 443. The van der Waals surface area contributed by atoms with Crippen molar-refractivity contribution in [3.63, 3.8) is 0 Å². The lowest BCUT2D eigenvalue weighted by molar-refractivity contribution is -0.127. The molecule has 0 aromatic carbocycles. The van der Waals surface area contributed by atoms with Crippen LogP contribution in [0.1, 0.15) is 18.5 Å². The SMILES string of the molecule is O=C[C@H](Cc1cnc[nH]1)NC(=O)[C@H]1CCC(=O)N1. The molecule has 0 radical (unpaired) electrons. The van der Waals surface area contributed by atoms with Gasteiger partial charge in [0, 0.05) is 24.7 Å². The second kappa shape index (κ2) is 5.44. The Balaban J connectivity index is 1.88. The first-order chi connectivity index (χ1) is 8.69. The molecule has 0 spiro atoms. The molecule has 1 aromatic rings. The highest BCUT2D eigenvalue weighted by Gasteiger charge is 2.28. The number of amides is 2. The van der Waals surface area contributed by atoms with Crippen molar-refractivity contribution in [1.82, 2.24) is 20.6 Å². The fourth-order valence-electron chi connectivity index (χ4n) is 1.86. The minimum atomic E-state index is -0.615. The van der Waals surface area contributed by atoms with Crippen LogP contribution in [0.4, 0.5) is 0 Å². The number of imidazole rings is 1. The number of nitrogens with one attached hydrogen (secondary N) is 3. The summed E-state index contributed by atoms with van der Waals surface area (Å²) < 4.78 is 0. The van der Waals surface area contributed by atoms with E-state index < -0.39 is 12.1 Å². The van der Waals surface area contributed by atoms with Crippen molar-refractivity contribution in [3.05, 3.63) is 18.2 Å². The van der Waals surface area contributed by atoms with E-state index in [9.17, 15) is 14.4 Å². The first kappa shape index (κ1) is 12.3. The summed E-state index contributed by atoms with van der Waals surface area (Å²) >= 11 is 0. The highest BCUT2D eigenvalue weighted by Crippen LogP contribution is 2.07. The van der Waals surface area contributed by atoms with Crippen LogP contribution in [0.3, 0.4) is 0 Å². The van der Waals surface area contributed by atoms with Gasteiger partial charge in [0.25, 0.3) is 0 Å². The maximum atomic E-state index is 11.8. The Morgan fingerprint density at radius 3 is 3.06 bits per heavy atom. The van der Waals surface area contributed by atoms with Crippen LogP contribution in [0, 0.1) is 0 Å². The average molecular weight is 250 g/mol. The molecule has 7 heteroatoms. The zero-order valence-corrected chi connectivity index (χ0v) is 9.68. The quantitative estimate of drug-likeness (QED) is 0.578. The highest BCUT2D eigenvalue weighted by atomic mass is 16.2. The topological polar surface area (TPSA) is 104 Å². The van der Waals surface area contributed by atoms with Gasteiger partial charge in [-0.2, -0.15) is 0 Å². The van der Waals surface area contributed by atoms with Crippen molar-refractivity contribution in [2.75, 3.05) is 0 Å². The van der Waals surface area contributed by atoms with Crippen LogP contribution in [0.2, 0.25) is 0 Å². The van der Waals surface area contributed by atoms with E-state index in [0.717, 1.165) is 5.69 Å².